The summed E-state index contributed by atoms with van der Waals surface area (Å²) in [4.78, 5) is 19.6. The molecule has 4 aromatic rings. The van der Waals surface area contributed by atoms with Crippen molar-refractivity contribution in [3.05, 3.63) is 78.1 Å². The van der Waals surface area contributed by atoms with Crippen molar-refractivity contribution in [2.24, 2.45) is 0 Å². The number of carbonyl (C=O) groups is 1. The Hall–Kier alpha value is -3.40. The number of pyridine rings is 1. The first kappa shape index (κ1) is 16.1. The van der Waals surface area contributed by atoms with E-state index in [1.807, 2.05) is 30.6 Å². The summed E-state index contributed by atoms with van der Waals surface area (Å²) in [5.41, 5.74) is 6.73. The zero-order valence-electron chi connectivity index (χ0n) is 14.6. The molecule has 0 amide bonds. The highest BCUT2D eigenvalue weighted by Crippen LogP contribution is 2.31. The summed E-state index contributed by atoms with van der Waals surface area (Å²) < 4.78 is 4.81. The third-order valence-corrected chi connectivity index (χ3v) is 4.51. The van der Waals surface area contributed by atoms with Gasteiger partial charge in [0.05, 0.1) is 12.7 Å². The number of rotatable bonds is 3. The molecule has 0 aliphatic rings. The van der Waals surface area contributed by atoms with Crippen molar-refractivity contribution in [1.29, 1.82) is 0 Å². The summed E-state index contributed by atoms with van der Waals surface area (Å²) >= 11 is 0. The van der Waals surface area contributed by atoms with Crippen LogP contribution in [0.4, 0.5) is 0 Å². The van der Waals surface area contributed by atoms with Crippen LogP contribution >= 0.6 is 0 Å². The molecule has 4 heteroatoms. The highest BCUT2D eigenvalue weighted by molar-refractivity contribution is 5.96. The number of esters is 1. The van der Waals surface area contributed by atoms with Gasteiger partial charge in [0.2, 0.25) is 0 Å². The standard InChI is InChI=1S/C22H18N2O2/c1-14-6-8-15(9-7-14)20-13-24-21-19(20)11-18(12-23-21)16-4-3-5-17(10-16)22(25)26-2/h3-13H,1-2H3,(H,23,24). The minimum atomic E-state index is -0.345. The van der Waals surface area contributed by atoms with Gasteiger partial charge in [0.1, 0.15) is 5.65 Å². The number of fused-ring (bicyclic) bond motifs is 1. The fourth-order valence-corrected chi connectivity index (χ4v) is 3.08. The number of hydrogen-bond acceptors (Lipinski definition) is 3. The van der Waals surface area contributed by atoms with E-state index in [4.69, 9.17) is 4.74 Å². The van der Waals surface area contributed by atoms with Gasteiger partial charge in [0.15, 0.2) is 0 Å². The van der Waals surface area contributed by atoms with Crippen LogP contribution in [0.25, 0.3) is 33.3 Å². The van der Waals surface area contributed by atoms with Gasteiger partial charge in [-0.3, -0.25) is 0 Å². The summed E-state index contributed by atoms with van der Waals surface area (Å²) in [5.74, 6) is -0.345. The molecule has 128 valence electrons. The summed E-state index contributed by atoms with van der Waals surface area (Å²) in [6.07, 6.45) is 3.80. The van der Waals surface area contributed by atoms with Crippen LogP contribution < -0.4 is 0 Å². The van der Waals surface area contributed by atoms with E-state index in [9.17, 15) is 4.79 Å². The van der Waals surface area contributed by atoms with Crippen LogP contribution in [0.2, 0.25) is 0 Å². The average molecular weight is 342 g/mol. The molecule has 0 aliphatic carbocycles. The summed E-state index contributed by atoms with van der Waals surface area (Å²) in [7, 11) is 1.39. The van der Waals surface area contributed by atoms with Crippen LogP contribution in [-0.2, 0) is 4.74 Å². The zero-order chi connectivity index (χ0) is 18.1. The largest absolute Gasteiger partial charge is 0.465 e. The molecule has 4 rings (SSSR count). The second kappa shape index (κ2) is 6.48. The van der Waals surface area contributed by atoms with Crippen molar-refractivity contribution < 1.29 is 9.53 Å². The second-order valence-corrected chi connectivity index (χ2v) is 6.26. The third-order valence-electron chi connectivity index (χ3n) is 4.51. The molecule has 0 radical (unpaired) electrons. The molecule has 0 saturated heterocycles. The molecule has 4 nitrogen and oxygen atoms in total. The summed E-state index contributed by atoms with van der Waals surface area (Å²) in [6.45, 7) is 2.08. The molecular weight excluding hydrogens is 324 g/mol. The van der Waals surface area contributed by atoms with Gasteiger partial charge in [0.25, 0.3) is 0 Å². The van der Waals surface area contributed by atoms with E-state index >= 15 is 0 Å². The number of nitrogens with zero attached hydrogens (tertiary/aromatic N) is 1. The molecule has 2 aromatic carbocycles. The Balaban J connectivity index is 1.82. The Kier molecular flexibility index (Phi) is 4.01. The van der Waals surface area contributed by atoms with Crippen LogP contribution in [0.15, 0.2) is 67.0 Å². The zero-order valence-corrected chi connectivity index (χ0v) is 14.6. The lowest BCUT2D eigenvalue weighted by molar-refractivity contribution is 0.0601. The van der Waals surface area contributed by atoms with E-state index in [0.717, 1.165) is 33.3 Å². The third kappa shape index (κ3) is 2.86. The van der Waals surface area contributed by atoms with Gasteiger partial charge < -0.3 is 9.72 Å². The van der Waals surface area contributed by atoms with Gasteiger partial charge in [-0.25, -0.2) is 9.78 Å². The van der Waals surface area contributed by atoms with E-state index in [1.54, 1.807) is 6.07 Å². The van der Waals surface area contributed by atoms with Crippen LogP contribution in [0, 0.1) is 6.92 Å². The lowest BCUT2D eigenvalue weighted by Gasteiger charge is -2.06. The molecule has 2 heterocycles. The first-order chi connectivity index (χ1) is 12.7. The molecule has 26 heavy (non-hydrogen) atoms. The Morgan fingerprint density at radius 3 is 2.58 bits per heavy atom. The highest BCUT2D eigenvalue weighted by atomic mass is 16.5. The molecule has 0 bridgehead atoms. The number of aryl methyl sites for hydroxylation is 1. The second-order valence-electron chi connectivity index (χ2n) is 6.26. The van der Waals surface area contributed by atoms with Crippen molar-refractivity contribution >= 4 is 17.0 Å². The number of carbonyl (C=O) groups excluding carboxylic acids is 1. The first-order valence-electron chi connectivity index (χ1n) is 8.38. The SMILES string of the molecule is COC(=O)c1cccc(-c2cnc3[nH]cc(-c4ccc(C)cc4)c3c2)c1. The monoisotopic (exact) mass is 342 g/mol. The number of aromatic nitrogens is 2. The van der Waals surface area contributed by atoms with E-state index < -0.39 is 0 Å². The Morgan fingerprint density at radius 2 is 1.81 bits per heavy atom. The number of benzene rings is 2. The van der Waals surface area contributed by atoms with Gasteiger partial charge in [-0.05, 0) is 36.2 Å². The van der Waals surface area contributed by atoms with Gasteiger partial charge >= 0.3 is 5.97 Å². The Labute approximate surface area is 151 Å². The maximum atomic E-state index is 11.8. The topological polar surface area (TPSA) is 55.0 Å². The van der Waals surface area contributed by atoms with Crippen molar-refractivity contribution in [2.75, 3.05) is 7.11 Å². The van der Waals surface area contributed by atoms with E-state index in [0.29, 0.717) is 5.56 Å². The van der Waals surface area contributed by atoms with E-state index in [1.165, 1.54) is 12.7 Å². The number of nitrogens with one attached hydrogen (secondary N) is 1. The van der Waals surface area contributed by atoms with Crippen molar-refractivity contribution in [3.63, 3.8) is 0 Å². The number of hydrogen-bond donors (Lipinski definition) is 1. The van der Waals surface area contributed by atoms with Gasteiger partial charge in [-0.2, -0.15) is 0 Å². The Bertz CT molecular complexity index is 1090. The van der Waals surface area contributed by atoms with Crippen LogP contribution in [0.1, 0.15) is 15.9 Å². The van der Waals surface area contributed by atoms with Crippen molar-refractivity contribution in [2.45, 2.75) is 6.92 Å². The molecule has 0 spiro atoms. The molecule has 2 aromatic heterocycles. The molecule has 0 unspecified atom stereocenters. The van der Waals surface area contributed by atoms with Gasteiger partial charge in [0, 0.05) is 28.9 Å². The van der Waals surface area contributed by atoms with Gasteiger partial charge in [-0.1, -0.05) is 42.0 Å². The smallest absolute Gasteiger partial charge is 0.337 e. The maximum Gasteiger partial charge on any atom is 0.337 e. The quantitative estimate of drug-likeness (QED) is 0.534. The predicted octanol–water partition coefficient (Wildman–Crippen LogP) is 4.99. The molecule has 0 aliphatic heterocycles. The molecule has 0 saturated carbocycles. The fourth-order valence-electron chi connectivity index (χ4n) is 3.08. The van der Waals surface area contributed by atoms with Crippen molar-refractivity contribution in [3.8, 4) is 22.3 Å². The average Bonchev–Trinajstić information content (AvgIpc) is 3.11. The summed E-state index contributed by atoms with van der Waals surface area (Å²) in [6, 6.07) is 17.9. The minimum Gasteiger partial charge on any atom is -0.465 e. The molecular formula is C22H18N2O2. The molecule has 1 N–H and O–H groups in total. The number of aromatic amines is 1. The first-order valence-corrected chi connectivity index (χ1v) is 8.38. The number of methoxy groups -OCH3 is 1. The highest BCUT2D eigenvalue weighted by Gasteiger charge is 2.11. The van der Waals surface area contributed by atoms with Crippen LogP contribution in [0.5, 0.6) is 0 Å². The minimum absolute atomic E-state index is 0.345. The fraction of sp³-hybridized carbons (Fsp3) is 0.0909. The van der Waals surface area contributed by atoms with Crippen LogP contribution in [-0.4, -0.2) is 23.0 Å². The Morgan fingerprint density at radius 1 is 1.00 bits per heavy atom. The molecule has 0 atom stereocenters. The predicted molar refractivity (Wildman–Crippen MR) is 103 cm³/mol. The normalized spacial score (nSPS) is 10.8. The van der Waals surface area contributed by atoms with Crippen LogP contribution in [0.3, 0.4) is 0 Å². The molecule has 0 fully saturated rings. The maximum absolute atomic E-state index is 11.8. The number of H-pyrrole nitrogens is 1. The van der Waals surface area contributed by atoms with E-state index in [-0.39, 0.29) is 5.97 Å². The lowest BCUT2D eigenvalue weighted by atomic mass is 10.0. The van der Waals surface area contributed by atoms with Crippen molar-refractivity contribution in [1.82, 2.24) is 9.97 Å². The number of ether oxygens (including phenoxy) is 1. The summed E-state index contributed by atoms with van der Waals surface area (Å²) in [5, 5.41) is 1.05. The van der Waals surface area contributed by atoms with Gasteiger partial charge in [-0.15, -0.1) is 0 Å². The lowest BCUT2D eigenvalue weighted by Crippen LogP contribution is -2.00. The van der Waals surface area contributed by atoms with E-state index in [2.05, 4.69) is 47.2 Å².